The van der Waals surface area contributed by atoms with Gasteiger partial charge in [0.2, 0.25) is 5.91 Å². The molecular weight excluding hydrogens is 152 g/mol. The van der Waals surface area contributed by atoms with Crippen molar-refractivity contribution in [2.45, 2.75) is 33.7 Å². The van der Waals surface area contributed by atoms with Crippen molar-refractivity contribution < 1.29 is 4.79 Å². The number of amides is 1. The molecule has 0 rings (SSSR count). The highest BCUT2D eigenvalue weighted by Gasteiger charge is 2.07. The van der Waals surface area contributed by atoms with Crippen LogP contribution in [0.25, 0.3) is 0 Å². The molecule has 3 nitrogen and oxygen atoms in total. The van der Waals surface area contributed by atoms with E-state index in [4.69, 9.17) is 5.73 Å². The van der Waals surface area contributed by atoms with Gasteiger partial charge in [0.25, 0.3) is 0 Å². The van der Waals surface area contributed by atoms with Crippen molar-refractivity contribution in [3.8, 4) is 0 Å². The summed E-state index contributed by atoms with van der Waals surface area (Å²) in [6, 6.07) is 0.0480. The molecule has 1 atom stereocenters. The Morgan fingerprint density at radius 2 is 1.92 bits per heavy atom. The summed E-state index contributed by atoms with van der Waals surface area (Å²) in [5.74, 6) is -0.0204. The third kappa shape index (κ3) is 3.53. The summed E-state index contributed by atoms with van der Waals surface area (Å²) in [5, 5.41) is 2.79. The number of allylic oxidation sites excluding steroid dienone is 1. The van der Waals surface area contributed by atoms with Gasteiger partial charge in [0.05, 0.1) is 0 Å². The molecule has 0 unspecified atom stereocenters. The lowest BCUT2D eigenvalue weighted by Crippen LogP contribution is -2.38. The van der Waals surface area contributed by atoms with Gasteiger partial charge in [0.15, 0.2) is 0 Å². The molecule has 0 aliphatic rings. The Hall–Kier alpha value is -0.830. The molecule has 0 aromatic carbocycles. The van der Waals surface area contributed by atoms with Crippen molar-refractivity contribution in [1.82, 2.24) is 5.32 Å². The van der Waals surface area contributed by atoms with Crippen LogP contribution in [-0.4, -0.2) is 18.5 Å². The maximum Gasteiger partial charge on any atom is 0.247 e. The molecule has 0 aromatic heterocycles. The Morgan fingerprint density at radius 1 is 1.42 bits per heavy atom. The van der Waals surface area contributed by atoms with Gasteiger partial charge in [-0.05, 0) is 27.7 Å². The molecule has 0 radical (unpaired) electrons. The summed E-state index contributed by atoms with van der Waals surface area (Å²) in [7, 11) is 0. The van der Waals surface area contributed by atoms with E-state index < -0.39 is 0 Å². The minimum Gasteiger partial charge on any atom is -0.349 e. The molecule has 0 spiro atoms. The lowest BCUT2D eigenvalue weighted by Gasteiger charge is -2.11. The number of carbonyl (C=O) groups is 1. The second-order valence-corrected chi connectivity index (χ2v) is 3.24. The summed E-state index contributed by atoms with van der Waals surface area (Å²) >= 11 is 0. The SMILES string of the molecule is CC(C)=C(C)C(=O)N[C@H](C)CN. The summed E-state index contributed by atoms with van der Waals surface area (Å²) in [4.78, 5) is 11.3. The minimum absolute atomic E-state index is 0.0204. The fourth-order valence-electron chi connectivity index (χ4n) is 0.618. The first kappa shape index (κ1) is 11.2. The molecule has 0 heterocycles. The smallest absolute Gasteiger partial charge is 0.247 e. The van der Waals surface area contributed by atoms with Crippen LogP contribution in [0.4, 0.5) is 0 Å². The highest BCUT2D eigenvalue weighted by Crippen LogP contribution is 2.01. The van der Waals surface area contributed by atoms with E-state index in [1.807, 2.05) is 27.7 Å². The van der Waals surface area contributed by atoms with Crippen molar-refractivity contribution >= 4 is 5.91 Å². The van der Waals surface area contributed by atoms with E-state index in [1.54, 1.807) is 0 Å². The molecule has 0 fully saturated rings. The van der Waals surface area contributed by atoms with Crippen LogP contribution in [-0.2, 0) is 4.79 Å². The van der Waals surface area contributed by atoms with Gasteiger partial charge in [-0.1, -0.05) is 5.57 Å². The summed E-state index contributed by atoms with van der Waals surface area (Å²) in [6.07, 6.45) is 0. The average Bonchev–Trinajstić information content (AvgIpc) is 2.02. The van der Waals surface area contributed by atoms with Gasteiger partial charge in [-0.2, -0.15) is 0 Å². The van der Waals surface area contributed by atoms with Gasteiger partial charge in [-0.15, -0.1) is 0 Å². The van der Waals surface area contributed by atoms with E-state index >= 15 is 0 Å². The van der Waals surface area contributed by atoms with Crippen molar-refractivity contribution in [1.29, 1.82) is 0 Å². The molecular formula is C9H18N2O. The van der Waals surface area contributed by atoms with E-state index in [2.05, 4.69) is 5.32 Å². The third-order valence-electron chi connectivity index (χ3n) is 1.82. The summed E-state index contributed by atoms with van der Waals surface area (Å²) in [6.45, 7) is 8.01. The van der Waals surface area contributed by atoms with Crippen LogP contribution >= 0.6 is 0 Å². The largest absolute Gasteiger partial charge is 0.349 e. The van der Waals surface area contributed by atoms with Crippen LogP contribution in [0, 0.1) is 0 Å². The highest BCUT2D eigenvalue weighted by molar-refractivity contribution is 5.93. The highest BCUT2D eigenvalue weighted by atomic mass is 16.1. The van der Waals surface area contributed by atoms with E-state index in [-0.39, 0.29) is 11.9 Å². The molecule has 0 aliphatic carbocycles. The van der Waals surface area contributed by atoms with Gasteiger partial charge in [-0.25, -0.2) is 0 Å². The standard InChI is InChI=1S/C9H18N2O/c1-6(2)8(4)9(12)11-7(3)5-10/h7H,5,10H2,1-4H3,(H,11,12)/t7-/m1/s1. The molecule has 0 aromatic rings. The first-order valence-electron chi connectivity index (χ1n) is 4.14. The van der Waals surface area contributed by atoms with E-state index in [0.29, 0.717) is 6.54 Å². The molecule has 0 aliphatic heterocycles. The molecule has 0 saturated heterocycles. The first-order valence-corrected chi connectivity index (χ1v) is 4.14. The molecule has 1 amide bonds. The van der Waals surface area contributed by atoms with Crippen LogP contribution in [0.15, 0.2) is 11.1 Å². The second kappa shape index (κ2) is 4.93. The van der Waals surface area contributed by atoms with Gasteiger partial charge >= 0.3 is 0 Å². The van der Waals surface area contributed by atoms with E-state index in [9.17, 15) is 4.79 Å². The molecule has 0 bridgehead atoms. The lowest BCUT2D eigenvalue weighted by atomic mass is 10.1. The fourth-order valence-corrected chi connectivity index (χ4v) is 0.618. The lowest BCUT2D eigenvalue weighted by molar-refractivity contribution is -0.118. The minimum atomic E-state index is -0.0204. The summed E-state index contributed by atoms with van der Waals surface area (Å²) < 4.78 is 0. The van der Waals surface area contributed by atoms with E-state index in [0.717, 1.165) is 11.1 Å². The number of hydrogen-bond acceptors (Lipinski definition) is 2. The fraction of sp³-hybridized carbons (Fsp3) is 0.667. The molecule has 12 heavy (non-hydrogen) atoms. The Morgan fingerprint density at radius 3 is 2.25 bits per heavy atom. The third-order valence-corrected chi connectivity index (χ3v) is 1.82. The second-order valence-electron chi connectivity index (χ2n) is 3.24. The zero-order chi connectivity index (χ0) is 9.72. The predicted molar refractivity (Wildman–Crippen MR) is 50.7 cm³/mol. The zero-order valence-electron chi connectivity index (χ0n) is 8.27. The number of hydrogen-bond donors (Lipinski definition) is 2. The van der Waals surface area contributed by atoms with E-state index in [1.165, 1.54) is 0 Å². The number of carbonyl (C=O) groups excluding carboxylic acids is 1. The quantitative estimate of drug-likeness (QED) is 0.616. The Balaban J connectivity index is 4.15. The van der Waals surface area contributed by atoms with Crippen molar-refractivity contribution in [3.05, 3.63) is 11.1 Å². The monoisotopic (exact) mass is 170 g/mol. The van der Waals surface area contributed by atoms with Gasteiger partial charge in [-0.3, -0.25) is 4.79 Å². The van der Waals surface area contributed by atoms with Crippen molar-refractivity contribution in [2.75, 3.05) is 6.54 Å². The van der Waals surface area contributed by atoms with Crippen LogP contribution in [0.3, 0.4) is 0 Å². The number of rotatable bonds is 3. The van der Waals surface area contributed by atoms with Gasteiger partial charge in [0.1, 0.15) is 0 Å². The Kier molecular flexibility index (Phi) is 4.59. The van der Waals surface area contributed by atoms with Crippen molar-refractivity contribution in [2.24, 2.45) is 5.73 Å². The maximum atomic E-state index is 11.3. The number of nitrogens with two attached hydrogens (primary N) is 1. The molecule has 3 N–H and O–H groups in total. The van der Waals surface area contributed by atoms with Crippen LogP contribution in [0.1, 0.15) is 27.7 Å². The normalized spacial score (nSPS) is 12.1. The molecule has 3 heteroatoms. The topological polar surface area (TPSA) is 55.1 Å². The van der Waals surface area contributed by atoms with Crippen LogP contribution in [0.5, 0.6) is 0 Å². The Bertz CT molecular complexity index is 193. The predicted octanol–water partition coefficient (Wildman–Crippen LogP) is 0.806. The maximum absolute atomic E-state index is 11.3. The van der Waals surface area contributed by atoms with Gasteiger partial charge < -0.3 is 11.1 Å². The molecule has 0 saturated carbocycles. The van der Waals surface area contributed by atoms with Crippen LogP contribution in [0.2, 0.25) is 0 Å². The Labute approximate surface area is 74.0 Å². The van der Waals surface area contributed by atoms with Crippen molar-refractivity contribution in [3.63, 3.8) is 0 Å². The summed E-state index contributed by atoms with van der Waals surface area (Å²) in [5.41, 5.74) is 7.18. The molecule has 70 valence electrons. The first-order chi connectivity index (χ1) is 5.49. The number of nitrogens with one attached hydrogen (secondary N) is 1. The van der Waals surface area contributed by atoms with Gasteiger partial charge in [0, 0.05) is 18.2 Å². The zero-order valence-corrected chi connectivity index (χ0v) is 8.27. The van der Waals surface area contributed by atoms with Crippen LogP contribution < -0.4 is 11.1 Å². The average molecular weight is 170 g/mol.